The van der Waals surface area contributed by atoms with Gasteiger partial charge in [0.25, 0.3) is 0 Å². The van der Waals surface area contributed by atoms with E-state index in [4.69, 9.17) is 32.7 Å². The van der Waals surface area contributed by atoms with Crippen molar-refractivity contribution in [1.82, 2.24) is 14.6 Å². The number of nitrogens with zero attached hydrogens (tertiary/aromatic N) is 3. The van der Waals surface area contributed by atoms with Crippen LogP contribution in [0.1, 0.15) is 16.7 Å². The van der Waals surface area contributed by atoms with E-state index < -0.39 is 11.7 Å². The first kappa shape index (κ1) is 18.7. The summed E-state index contributed by atoms with van der Waals surface area (Å²) in [6.45, 7) is 0.511. The highest BCUT2D eigenvalue weighted by Gasteiger charge is 2.32. The summed E-state index contributed by atoms with van der Waals surface area (Å²) in [4.78, 5) is 0. The molecule has 0 fully saturated rings. The summed E-state index contributed by atoms with van der Waals surface area (Å²) < 4.78 is 51.2. The van der Waals surface area contributed by atoms with Crippen LogP contribution < -0.4 is 4.74 Å². The summed E-state index contributed by atoms with van der Waals surface area (Å²) in [5.41, 5.74) is 0.894. The van der Waals surface area contributed by atoms with Gasteiger partial charge < -0.3 is 9.47 Å². The third-order valence-corrected chi connectivity index (χ3v) is 5.35. The number of rotatable bonds is 3. The molecule has 2 aromatic heterocycles. The maximum Gasteiger partial charge on any atom is 0.417 e. The predicted octanol–water partition coefficient (Wildman–Crippen LogP) is 5.21. The molecule has 3 aromatic rings. The first-order valence-corrected chi connectivity index (χ1v) is 9.33. The van der Waals surface area contributed by atoms with Gasteiger partial charge in [-0.2, -0.15) is 13.2 Å². The van der Waals surface area contributed by atoms with E-state index in [9.17, 15) is 13.2 Å². The molecule has 0 amide bonds. The predicted molar refractivity (Wildman–Crippen MR) is 94.3 cm³/mol. The average molecular weight is 436 g/mol. The Balaban J connectivity index is 1.67. The van der Waals surface area contributed by atoms with Gasteiger partial charge in [0, 0.05) is 28.1 Å². The van der Waals surface area contributed by atoms with Gasteiger partial charge in [-0.1, -0.05) is 35.0 Å². The Morgan fingerprint density at radius 1 is 1.19 bits per heavy atom. The second-order valence-electron chi connectivity index (χ2n) is 5.70. The van der Waals surface area contributed by atoms with Crippen molar-refractivity contribution >= 4 is 40.6 Å². The lowest BCUT2D eigenvalue weighted by Gasteiger charge is -2.20. The van der Waals surface area contributed by atoms with Crippen molar-refractivity contribution < 1.29 is 22.6 Å². The molecule has 0 atom stereocenters. The average Bonchev–Trinajstić information content (AvgIpc) is 3.02. The van der Waals surface area contributed by atoms with Crippen LogP contribution in [0.25, 0.3) is 5.65 Å². The van der Waals surface area contributed by atoms with Crippen molar-refractivity contribution in [2.45, 2.75) is 23.7 Å². The van der Waals surface area contributed by atoms with Crippen LogP contribution in [0.4, 0.5) is 13.2 Å². The molecule has 0 saturated carbocycles. The molecule has 3 heterocycles. The lowest BCUT2D eigenvalue weighted by atomic mass is 10.1. The Labute approximate surface area is 165 Å². The number of fused-ring (bicyclic) bond motifs is 2. The lowest BCUT2D eigenvalue weighted by molar-refractivity contribution is -0.137. The zero-order chi connectivity index (χ0) is 19.2. The monoisotopic (exact) mass is 435 g/mol. The van der Waals surface area contributed by atoms with Crippen molar-refractivity contribution in [2.75, 3.05) is 6.79 Å². The largest absolute Gasteiger partial charge is 0.467 e. The smallest absolute Gasteiger partial charge is 0.417 e. The molecule has 142 valence electrons. The van der Waals surface area contributed by atoms with E-state index >= 15 is 0 Å². The van der Waals surface area contributed by atoms with Gasteiger partial charge in [-0.25, -0.2) is 0 Å². The molecule has 0 unspecified atom stereocenters. The number of benzene rings is 1. The Morgan fingerprint density at radius 2 is 2.00 bits per heavy atom. The van der Waals surface area contributed by atoms with Gasteiger partial charge in [-0.3, -0.25) is 4.40 Å². The van der Waals surface area contributed by atoms with Crippen LogP contribution in [0.2, 0.25) is 10.0 Å². The van der Waals surface area contributed by atoms with Crippen LogP contribution >= 0.6 is 35.0 Å². The number of pyridine rings is 1. The molecule has 1 aromatic carbocycles. The number of halogens is 5. The third-order valence-electron chi connectivity index (χ3n) is 3.86. The van der Waals surface area contributed by atoms with Gasteiger partial charge in [0.2, 0.25) is 0 Å². The summed E-state index contributed by atoms with van der Waals surface area (Å²) in [5.74, 6) is 1.04. The molecule has 0 radical (unpaired) electrons. The van der Waals surface area contributed by atoms with Crippen LogP contribution in [0.5, 0.6) is 5.75 Å². The number of aromatic nitrogens is 3. The van der Waals surface area contributed by atoms with Crippen molar-refractivity contribution in [3.05, 3.63) is 51.1 Å². The topological polar surface area (TPSA) is 48.7 Å². The minimum atomic E-state index is -4.52. The van der Waals surface area contributed by atoms with E-state index in [1.165, 1.54) is 16.2 Å². The Hall–Kier alpha value is -1.68. The fourth-order valence-corrected chi connectivity index (χ4v) is 4.08. The lowest BCUT2D eigenvalue weighted by Crippen LogP contribution is -2.13. The molecule has 11 heteroatoms. The third kappa shape index (κ3) is 3.69. The fraction of sp³-hybridized carbons (Fsp3) is 0.250. The van der Waals surface area contributed by atoms with Crippen LogP contribution in [0, 0.1) is 0 Å². The van der Waals surface area contributed by atoms with E-state index in [2.05, 4.69) is 10.2 Å². The van der Waals surface area contributed by atoms with Crippen LogP contribution in [-0.4, -0.2) is 21.4 Å². The number of thioether (sulfide) groups is 1. The fourth-order valence-electron chi connectivity index (χ4n) is 2.69. The normalized spacial score (nSPS) is 14.3. The van der Waals surface area contributed by atoms with E-state index in [0.717, 1.165) is 23.4 Å². The van der Waals surface area contributed by atoms with Crippen LogP contribution in [0.15, 0.2) is 29.6 Å². The molecule has 0 aliphatic carbocycles. The highest BCUT2D eigenvalue weighted by Crippen LogP contribution is 2.37. The zero-order valence-corrected chi connectivity index (χ0v) is 15.7. The molecule has 0 spiro atoms. The minimum absolute atomic E-state index is 0.121. The Bertz CT molecular complexity index is 1030. The molecule has 0 bridgehead atoms. The number of hydrogen-bond acceptors (Lipinski definition) is 5. The molecule has 27 heavy (non-hydrogen) atoms. The molecule has 5 nitrogen and oxygen atoms in total. The first-order valence-electron chi connectivity index (χ1n) is 7.59. The van der Waals surface area contributed by atoms with Crippen molar-refractivity contribution in [1.29, 1.82) is 0 Å². The summed E-state index contributed by atoms with van der Waals surface area (Å²) in [6.07, 6.45) is -3.59. The minimum Gasteiger partial charge on any atom is -0.467 e. The molecule has 0 N–H and O–H groups in total. The van der Waals surface area contributed by atoms with E-state index in [0.29, 0.717) is 23.1 Å². The van der Waals surface area contributed by atoms with Crippen molar-refractivity contribution in [3.63, 3.8) is 0 Å². The summed E-state index contributed by atoms with van der Waals surface area (Å²) in [5, 5.41) is 8.51. The Morgan fingerprint density at radius 3 is 2.78 bits per heavy atom. The summed E-state index contributed by atoms with van der Waals surface area (Å²) in [7, 11) is 0. The quantitative estimate of drug-likeness (QED) is 0.528. The molecule has 1 aliphatic rings. The van der Waals surface area contributed by atoms with E-state index in [-0.39, 0.29) is 22.6 Å². The number of alkyl halides is 3. The molecular formula is C16H10Cl2F3N3O2S. The van der Waals surface area contributed by atoms with Gasteiger partial charge in [0.15, 0.2) is 17.6 Å². The maximum absolute atomic E-state index is 13.1. The second-order valence-corrected chi connectivity index (χ2v) is 7.49. The Kier molecular flexibility index (Phi) is 4.87. The van der Waals surface area contributed by atoms with Gasteiger partial charge in [-0.05, 0) is 18.2 Å². The zero-order valence-electron chi connectivity index (χ0n) is 13.4. The van der Waals surface area contributed by atoms with Crippen LogP contribution in [0.3, 0.4) is 0 Å². The molecule has 1 aliphatic heterocycles. The van der Waals surface area contributed by atoms with Gasteiger partial charge in [0.1, 0.15) is 5.75 Å². The second kappa shape index (κ2) is 7.05. The molecule has 4 rings (SSSR count). The summed E-state index contributed by atoms with van der Waals surface area (Å²) in [6, 6.07) is 4.34. The van der Waals surface area contributed by atoms with E-state index in [1.807, 2.05) is 0 Å². The summed E-state index contributed by atoms with van der Waals surface area (Å²) >= 11 is 13.3. The number of hydrogen-bond donors (Lipinski definition) is 0. The standard InChI is InChI=1S/C16H10Cl2F3N3O2S/c17-11-1-8-5-25-7-26-13(8)9(2-11)6-27-15-23-22-14-12(18)3-10(4-24(14)15)16(19,20)21/h1-4H,5-7H2. The SMILES string of the molecule is FC(F)(F)c1cc(Cl)c2nnc(SCc3cc(Cl)cc4c3OCOC4)n2c1. The van der Waals surface area contributed by atoms with Gasteiger partial charge in [-0.15, -0.1) is 10.2 Å². The van der Waals surface area contributed by atoms with Crippen molar-refractivity contribution in [2.24, 2.45) is 0 Å². The van der Waals surface area contributed by atoms with Gasteiger partial charge >= 0.3 is 6.18 Å². The highest BCUT2D eigenvalue weighted by atomic mass is 35.5. The molecular weight excluding hydrogens is 426 g/mol. The van der Waals surface area contributed by atoms with E-state index in [1.54, 1.807) is 12.1 Å². The highest BCUT2D eigenvalue weighted by molar-refractivity contribution is 7.98. The first-order chi connectivity index (χ1) is 12.8. The van der Waals surface area contributed by atoms with Crippen LogP contribution in [-0.2, 0) is 23.3 Å². The van der Waals surface area contributed by atoms with Crippen molar-refractivity contribution in [3.8, 4) is 5.75 Å². The maximum atomic E-state index is 13.1. The van der Waals surface area contributed by atoms with Gasteiger partial charge in [0.05, 0.1) is 17.2 Å². The number of ether oxygens (including phenoxy) is 2. The molecule has 0 saturated heterocycles.